The van der Waals surface area contributed by atoms with E-state index in [4.69, 9.17) is 15.6 Å². The zero-order chi connectivity index (χ0) is 13.8. The van der Waals surface area contributed by atoms with Gasteiger partial charge in [0.05, 0.1) is 19.1 Å². The van der Waals surface area contributed by atoms with E-state index in [1.54, 1.807) is 23.6 Å². The van der Waals surface area contributed by atoms with Crippen LogP contribution in [0.25, 0.3) is 0 Å². The van der Waals surface area contributed by atoms with Gasteiger partial charge in [0.15, 0.2) is 0 Å². The SMILES string of the molecule is CSCC[C@@H](N)C(=O)N1CC(C)(OCC(=O)O)C1. The van der Waals surface area contributed by atoms with Crippen molar-refractivity contribution in [2.75, 3.05) is 31.7 Å². The van der Waals surface area contributed by atoms with E-state index in [1.807, 2.05) is 6.26 Å². The normalized spacial score (nSPS) is 19.2. The molecule has 1 amide bonds. The molecule has 0 unspecified atom stereocenters. The number of ether oxygens (including phenoxy) is 1. The second-order valence-electron chi connectivity index (χ2n) is 4.71. The number of nitrogens with zero attached hydrogens (tertiary/aromatic N) is 1. The van der Waals surface area contributed by atoms with Gasteiger partial charge in [-0.1, -0.05) is 0 Å². The van der Waals surface area contributed by atoms with Gasteiger partial charge in [-0.25, -0.2) is 4.79 Å². The Balaban J connectivity index is 2.32. The lowest BCUT2D eigenvalue weighted by molar-refractivity contribution is -0.174. The molecule has 7 heteroatoms. The first kappa shape index (κ1) is 15.3. The van der Waals surface area contributed by atoms with Gasteiger partial charge >= 0.3 is 5.97 Å². The zero-order valence-corrected chi connectivity index (χ0v) is 11.5. The molecule has 0 aromatic carbocycles. The van der Waals surface area contributed by atoms with Crippen LogP contribution in [-0.4, -0.2) is 65.2 Å². The van der Waals surface area contributed by atoms with Crippen molar-refractivity contribution >= 4 is 23.6 Å². The fourth-order valence-corrected chi connectivity index (χ4v) is 2.34. The Labute approximate surface area is 111 Å². The highest BCUT2D eigenvalue weighted by Crippen LogP contribution is 2.25. The molecule has 18 heavy (non-hydrogen) atoms. The van der Waals surface area contributed by atoms with Crippen LogP contribution in [0.2, 0.25) is 0 Å². The first-order valence-electron chi connectivity index (χ1n) is 5.77. The molecule has 1 aliphatic rings. The van der Waals surface area contributed by atoms with Crippen LogP contribution in [-0.2, 0) is 14.3 Å². The van der Waals surface area contributed by atoms with Gasteiger partial charge in [0.2, 0.25) is 5.91 Å². The van der Waals surface area contributed by atoms with Gasteiger partial charge in [0.25, 0.3) is 0 Å². The van der Waals surface area contributed by atoms with E-state index in [2.05, 4.69) is 0 Å². The molecule has 0 aromatic heterocycles. The van der Waals surface area contributed by atoms with Crippen LogP contribution in [0.15, 0.2) is 0 Å². The van der Waals surface area contributed by atoms with Crippen molar-refractivity contribution in [3.63, 3.8) is 0 Å². The Morgan fingerprint density at radius 1 is 1.56 bits per heavy atom. The van der Waals surface area contributed by atoms with Crippen LogP contribution in [0.4, 0.5) is 0 Å². The minimum Gasteiger partial charge on any atom is -0.480 e. The van der Waals surface area contributed by atoms with Crippen molar-refractivity contribution < 1.29 is 19.4 Å². The van der Waals surface area contributed by atoms with Gasteiger partial charge < -0.3 is 20.5 Å². The van der Waals surface area contributed by atoms with Crippen LogP contribution in [0, 0.1) is 0 Å². The van der Waals surface area contributed by atoms with Crippen LogP contribution < -0.4 is 5.73 Å². The molecular formula is C11H20N2O4S. The van der Waals surface area contributed by atoms with E-state index in [9.17, 15) is 9.59 Å². The van der Waals surface area contributed by atoms with Crippen LogP contribution in [0.5, 0.6) is 0 Å². The van der Waals surface area contributed by atoms with Gasteiger partial charge in [-0.2, -0.15) is 11.8 Å². The number of thioether (sulfide) groups is 1. The molecular weight excluding hydrogens is 256 g/mol. The Morgan fingerprint density at radius 2 is 2.17 bits per heavy atom. The molecule has 104 valence electrons. The predicted octanol–water partition coefficient (Wildman–Crippen LogP) is -0.231. The topological polar surface area (TPSA) is 92.9 Å². The summed E-state index contributed by atoms with van der Waals surface area (Å²) in [6, 6.07) is -0.471. The molecule has 0 saturated carbocycles. The Hall–Kier alpha value is -0.790. The minimum atomic E-state index is -1.00. The van der Waals surface area contributed by atoms with Crippen molar-refractivity contribution in [1.82, 2.24) is 4.90 Å². The number of hydrogen-bond donors (Lipinski definition) is 2. The number of aliphatic carboxylic acids is 1. The summed E-state index contributed by atoms with van der Waals surface area (Å²) in [7, 11) is 0. The molecule has 3 N–H and O–H groups in total. The van der Waals surface area contributed by atoms with Gasteiger partial charge in [0.1, 0.15) is 12.2 Å². The first-order chi connectivity index (χ1) is 8.38. The van der Waals surface area contributed by atoms with Gasteiger partial charge in [-0.15, -0.1) is 0 Å². The van der Waals surface area contributed by atoms with Crippen LogP contribution >= 0.6 is 11.8 Å². The maximum atomic E-state index is 11.9. The van der Waals surface area contributed by atoms with E-state index in [0.717, 1.165) is 5.75 Å². The smallest absolute Gasteiger partial charge is 0.329 e. The maximum Gasteiger partial charge on any atom is 0.329 e. The van der Waals surface area contributed by atoms with E-state index < -0.39 is 17.6 Å². The number of rotatable bonds is 7. The molecule has 1 fully saturated rings. The average Bonchev–Trinajstić information content (AvgIpc) is 2.28. The lowest BCUT2D eigenvalue weighted by Gasteiger charge is -2.48. The number of amides is 1. The van der Waals surface area contributed by atoms with E-state index in [-0.39, 0.29) is 12.5 Å². The standard InChI is InChI=1S/C11H20N2O4S/c1-11(17-5-9(14)15)6-13(7-11)10(16)8(12)3-4-18-2/h8H,3-7,12H2,1-2H3,(H,14,15)/t8-/m1/s1. The van der Waals surface area contributed by atoms with Crippen LogP contribution in [0.1, 0.15) is 13.3 Å². The Kier molecular flexibility index (Phi) is 5.43. The summed E-state index contributed by atoms with van der Waals surface area (Å²) in [4.78, 5) is 23.9. The number of hydrogen-bond acceptors (Lipinski definition) is 5. The predicted molar refractivity (Wildman–Crippen MR) is 69.5 cm³/mol. The number of carboxylic acid groups (broad SMARTS) is 1. The summed E-state index contributed by atoms with van der Waals surface area (Å²) in [6.07, 6.45) is 2.63. The van der Waals surface area contributed by atoms with Gasteiger partial charge in [0, 0.05) is 0 Å². The molecule has 0 aromatic rings. The third kappa shape index (κ3) is 4.15. The number of carbonyl (C=O) groups excluding carboxylic acids is 1. The van der Waals surface area contributed by atoms with E-state index >= 15 is 0 Å². The van der Waals surface area contributed by atoms with Gasteiger partial charge in [-0.05, 0) is 25.4 Å². The number of carboxylic acids is 1. The summed E-state index contributed by atoms with van der Waals surface area (Å²) in [5.41, 5.74) is 5.24. The second kappa shape index (κ2) is 6.40. The van der Waals surface area contributed by atoms with Gasteiger partial charge in [-0.3, -0.25) is 4.79 Å². The molecule has 1 atom stereocenters. The highest BCUT2D eigenvalue weighted by molar-refractivity contribution is 7.98. The number of nitrogens with two attached hydrogens (primary N) is 1. The van der Waals surface area contributed by atoms with Crippen molar-refractivity contribution in [2.45, 2.75) is 25.0 Å². The highest BCUT2D eigenvalue weighted by Gasteiger charge is 2.43. The summed E-state index contributed by atoms with van der Waals surface area (Å²) in [5, 5.41) is 8.53. The lowest BCUT2D eigenvalue weighted by Crippen LogP contribution is -2.65. The average molecular weight is 276 g/mol. The molecule has 6 nitrogen and oxygen atoms in total. The first-order valence-corrected chi connectivity index (χ1v) is 7.16. The highest BCUT2D eigenvalue weighted by atomic mass is 32.2. The maximum absolute atomic E-state index is 11.9. The molecule has 0 bridgehead atoms. The molecule has 1 heterocycles. The Morgan fingerprint density at radius 3 is 2.67 bits per heavy atom. The second-order valence-corrected chi connectivity index (χ2v) is 5.70. The molecule has 0 spiro atoms. The fraction of sp³-hybridized carbons (Fsp3) is 0.818. The van der Waals surface area contributed by atoms with Crippen molar-refractivity contribution in [3.8, 4) is 0 Å². The van der Waals surface area contributed by atoms with Crippen molar-refractivity contribution in [2.24, 2.45) is 5.73 Å². The molecule has 0 radical (unpaired) electrons. The van der Waals surface area contributed by atoms with E-state index in [1.165, 1.54) is 0 Å². The van der Waals surface area contributed by atoms with E-state index in [0.29, 0.717) is 19.5 Å². The molecule has 1 aliphatic heterocycles. The summed E-state index contributed by atoms with van der Waals surface area (Å²) >= 11 is 1.66. The summed E-state index contributed by atoms with van der Waals surface area (Å²) in [6.45, 7) is 2.28. The number of carbonyl (C=O) groups is 2. The molecule has 0 aliphatic carbocycles. The molecule has 1 rings (SSSR count). The van der Waals surface area contributed by atoms with Crippen molar-refractivity contribution in [3.05, 3.63) is 0 Å². The zero-order valence-electron chi connectivity index (χ0n) is 10.7. The largest absolute Gasteiger partial charge is 0.480 e. The lowest BCUT2D eigenvalue weighted by atomic mass is 9.95. The van der Waals surface area contributed by atoms with Crippen LogP contribution in [0.3, 0.4) is 0 Å². The fourth-order valence-electron chi connectivity index (χ4n) is 1.85. The Bertz CT molecular complexity index is 318. The summed E-state index contributed by atoms with van der Waals surface area (Å²) < 4.78 is 5.23. The number of likely N-dealkylation sites (tertiary alicyclic amines) is 1. The quantitative estimate of drug-likeness (QED) is 0.667. The third-order valence-corrected chi connectivity index (χ3v) is 3.50. The summed E-state index contributed by atoms with van der Waals surface area (Å²) in [5.74, 6) is -0.230. The minimum absolute atomic E-state index is 0.0829. The monoisotopic (exact) mass is 276 g/mol. The van der Waals surface area contributed by atoms with Crippen molar-refractivity contribution in [1.29, 1.82) is 0 Å². The third-order valence-electron chi connectivity index (χ3n) is 2.86. The molecule has 1 saturated heterocycles.